The second-order valence-electron chi connectivity index (χ2n) is 10.7. The highest BCUT2D eigenvalue weighted by Gasteiger charge is 2.56. The van der Waals surface area contributed by atoms with Gasteiger partial charge in [-0.3, -0.25) is 4.79 Å². The fourth-order valence-corrected chi connectivity index (χ4v) is 7.87. The highest BCUT2D eigenvalue weighted by atomic mass is 32.2. The minimum atomic E-state index is -3.11. The lowest BCUT2D eigenvalue weighted by atomic mass is 9.56. The van der Waals surface area contributed by atoms with E-state index in [4.69, 9.17) is 0 Å². The van der Waals surface area contributed by atoms with Crippen LogP contribution in [0.5, 0.6) is 0 Å². The Balaban J connectivity index is 0.963. The molecule has 3 aliphatic heterocycles. The maximum Gasteiger partial charge on any atom is 0.320 e. The van der Waals surface area contributed by atoms with E-state index in [1.165, 1.54) is 5.56 Å². The third kappa shape index (κ3) is 3.25. The molecule has 2 saturated carbocycles. The van der Waals surface area contributed by atoms with Crippen LogP contribution in [0, 0.1) is 11.3 Å². The van der Waals surface area contributed by atoms with Crippen molar-refractivity contribution in [3.05, 3.63) is 29.8 Å². The Kier molecular flexibility index (Phi) is 4.08. The molecule has 2 spiro atoms. The number of hydrogen-bond acceptors (Lipinski definition) is 4. The van der Waals surface area contributed by atoms with Crippen molar-refractivity contribution < 1.29 is 18.0 Å². The fraction of sp³-hybridized carbons (Fsp3) is 0.652. The first-order chi connectivity index (χ1) is 14.8. The van der Waals surface area contributed by atoms with E-state index in [9.17, 15) is 18.0 Å². The van der Waals surface area contributed by atoms with Crippen molar-refractivity contribution in [2.75, 3.05) is 26.2 Å². The molecule has 5 fully saturated rings. The molecule has 0 aromatic heterocycles. The maximum absolute atomic E-state index is 12.7. The van der Waals surface area contributed by atoms with E-state index in [2.05, 4.69) is 5.32 Å². The van der Waals surface area contributed by atoms with Crippen LogP contribution in [0.25, 0.3) is 0 Å². The predicted molar refractivity (Wildman–Crippen MR) is 114 cm³/mol. The number of amides is 3. The van der Waals surface area contributed by atoms with E-state index in [1.807, 2.05) is 21.9 Å². The quantitative estimate of drug-likeness (QED) is 0.771. The number of sulfone groups is 1. The van der Waals surface area contributed by atoms with Gasteiger partial charge in [-0.15, -0.1) is 0 Å². The molecule has 1 aromatic carbocycles. The summed E-state index contributed by atoms with van der Waals surface area (Å²) in [6.45, 7) is 2.99. The SMILES string of the molecule is O=C1CCC2(CN(C(=O)N3CC4(CC(Cc5ccc(S(=O)(=O)C6CC6)cc5)C4)C3)C2)N1. The molecule has 8 heteroatoms. The van der Waals surface area contributed by atoms with Crippen molar-refractivity contribution in [2.45, 2.75) is 60.6 Å². The number of nitrogens with one attached hydrogen (secondary N) is 1. The Morgan fingerprint density at radius 3 is 2.26 bits per heavy atom. The second-order valence-corrected chi connectivity index (χ2v) is 12.9. The van der Waals surface area contributed by atoms with Crippen LogP contribution >= 0.6 is 0 Å². The first-order valence-electron chi connectivity index (χ1n) is 11.4. The fourth-order valence-electron chi connectivity index (χ4n) is 6.22. The summed E-state index contributed by atoms with van der Waals surface area (Å²) in [7, 11) is -3.11. The molecule has 0 atom stereocenters. The van der Waals surface area contributed by atoms with Gasteiger partial charge in [0.05, 0.1) is 15.7 Å². The van der Waals surface area contributed by atoms with Crippen LogP contribution in [0.1, 0.15) is 44.1 Å². The molecule has 0 unspecified atom stereocenters. The Hall–Kier alpha value is -2.09. The van der Waals surface area contributed by atoms with Crippen molar-refractivity contribution in [1.29, 1.82) is 0 Å². The lowest BCUT2D eigenvalue weighted by Crippen LogP contribution is -2.73. The number of urea groups is 1. The molecule has 1 N–H and O–H groups in total. The summed E-state index contributed by atoms with van der Waals surface area (Å²) in [5.41, 5.74) is 1.34. The number of nitrogens with zero attached hydrogens (tertiary/aromatic N) is 2. The van der Waals surface area contributed by atoms with Gasteiger partial charge >= 0.3 is 6.03 Å². The summed E-state index contributed by atoms with van der Waals surface area (Å²) in [5, 5.41) is 2.87. The van der Waals surface area contributed by atoms with Crippen LogP contribution in [0.4, 0.5) is 4.79 Å². The first-order valence-corrected chi connectivity index (χ1v) is 13.0. The molecule has 6 rings (SSSR count). The van der Waals surface area contributed by atoms with Gasteiger partial charge in [0.2, 0.25) is 5.91 Å². The number of hydrogen-bond donors (Lipinski definition) is 1. The van der Waals surface area contributed by atoms with E-state index < -0.39 is 9.84 Å². The monoisotopic (exact) mass is 443 g/mol. The number of rotatable bonds is 4. The van der Waals surface area contributed by atoms with Crippen LogP contribution in [0.3, 0.4) is 0 Å². The Morgan fingerprint density at radius 1 is 1.03 bits per heavy atom. The molecule has 0 radical (unpaired) electrons. The topological polar surface area (TPSA) is 86.8 Å². The van der Waals surface area contributed by atoms with E-state index in [0.29, 0.717) is 35.7 Å². The van der Waals surface area contributed by atoms with Gasteiger partial charge in [-0.25, -0.2) is 13.2 Å². The van der Waals surface area contributed by atoms with E-state index >= 15 is 0 Å². The zero-order valence-corrected chi connectivity index (χ0v) is 18.5. The van der Waals surface area contributed by atoms with Gasteiger partial charge in [-0.1, -0.05) is 12.1 Å². The molecular weight excluding hydrogens is 414 g/mol. The Bertz CT molecular complexity index is 1030. The molecule has 31 heavy (non-hydrogen) atoms. The van der Waals surface area contributed by atoms with Gasteiger partial charge in [-0.2, -0.15) is 0 Å². The van der Waals surface area contributed by atoms with Crippen LogP contribution in [0.2, 0.25) is 0 Å². The standard InChI is InChI=1S/C23H29N3O4S/c27-20-7-8-23(24-20)14-26(15-23)21(28)25-12-22(13-25)10-17(11-22)9-16-1-3-18(4-2-16)31(29,30)19-5-6-19/h1-4,17,19H,5-15H2,(H,24,27). The molecule has 2 aliphatic carbocycles. The van der Waals surface area contributed by atoms with Crippen LogP contribution < -0.4 is 5.32 Å². The Labute approximate surface area is 183 Å². The van der Waals surface area contributed by atoms with Gasteiger partial charge in [-0.05, 0) is 62.1 Å². The van der Waals surface area contributed by atoms with E-state index in [1.54, 1.807) is 12.1 Å². The maximum atomic E-state index is 12.7. The summed E-state index contributed by atoms with van der Waals surface area (Å²) >= 11 is 0. The summed E-state index contributed by atoms with van der Waals surface area (Å²) in [6, 6.07) is 7.60. The summed E-state index contributed by atoms with van der Waals surface area (Å²) in [5.74, 6) is 0.721. The van der Waals surface area contributed by atoms with Crippen molar-refractivity contribution in [2.24, 2.45) is 11.3 Å². The molecular formula is C23H29N3O4S. The van der Waals surface area contributed by atoms with E-state index in [0.717, 1.165) is 51.6 Å². The van der Waals surface area contributed by atoms with Crippen LogP contribution in [-0.2, 0) is 21.1 Å². The molecule has 166 valence electrons. The lowest BCUT2D eigenvalue weighted by molar-refractivity contribution is -0.120. The lowest BCUT2D eigenvalue weighted by Gasteiger charge is -2.61. The molecule has 5 aliphatic rings. The molecule has 3 amide bonds. The third-order valence-electron chi connectivity index (χ3n) is 8.00. The molecule has 0 bridgehead atoms. The normalized spacial score (nSPS) is 26.4. The predicted octanol–water partition coefficient (Wildman–Crippen LogP) is 1.96. The highest BCUT2D eigenvalue weighted by molar-refractivity contribution is 7.92. The third-order valence-corrected chi connectivity index (χ3v) is 10.3. The molecule has 3 saturated heterocycles. The zero-order chi connectivity index (χ0) is 21.4. The van der Waals surface area contributed by atoms with Gasteiger partial charge in [0.25, 0.3) is 0 Å². The smallest absolute Gasteiger partial charge is 0.320 e. The number of carbonyl (C=O) groups is 2. The summed E-state index contributed by atoms with van der Waals surface area (Å²) in [6.07, 6.45) is 6.27. The molecule has 7 nitrogen and oxygen atoms in total. The second kappa shape index (κ2) is 6.47. The summed E-state index contributed by atoms with van der Waals surface area (Å²) < 4.78 is 24.6. The van der Waals surface area contributed by atoms with Crippen molar-refractivity contribution >= 4 is 21.8 Å². The minimum Gasteiger partial charge on any atom is -0.347 e. The molecule has 3 heterocycles. The van der Waals surface area contributed by atoms with Gasteiger partial charge in [0.1, 0.15) is 0 Å². The van der Waals surface area contributed by atoms with E-state index in [-0.39, 0.29) is 22.7 Å². The van der Waals surface area contributed by atoms with Crippen LogP contribution in [0.15, 0.2) is 29.2 Å². The van der Waals surface area contributed by atoms with Gasteiger partial charge in [0, 0.05) is 38.0 Å². The number of carbonyl (C=O) groups excluding carboxylic acids is 2. The zero-order valence-electron chi connectivity index (χ0n) is 17.7. The summed E-state index contributed by atoms with van der Waals surface area (Å²) in [4.78, 5) is 28.4. The Morgan fingerprint density at radius 2 is 1.68 bits per heavy atom. The minimum absolute atomic E-state index is 0.106. The van der Waals surface area contributed by atoms with Gasteiger partial charge in [0.15, 0.2) is 9.84 Å². The number of benzene rings is 1. The largest absolute Gasteiger partial charge is 0.347 e. The highest BCUT2D eigenvalue weighted by Crippen LogP contribution is 2.53. The van der Waals surface area contributed by atoms with Crippen molar-refractivity contribution in [1.82, 2.24) is 15.1 Å². The van der Waals surface area contributed by atoms with Gasteiger partial charge < -0.3 is 15.1 Å². The first kappa shape index (κ1) is 19.6. The van der Waals surface area contributed by atoms with Crippen molar-refractivity contribution in [3.63, 3.8) is 0 Å². The van der Waals surface area contributed by atoms with Crippen LogP contribution in [-0.4, -0.2) is 67.1 Å². The average molecular weight is 444 g/mol. The molecule has 1 aromatic rings. The van der Waals surface area contributed by atoms with Crippen molar-refractivity contribution in [3.8, 4) is 0 Å². The number of likely N-dealkylation sites (tertiary alicyclic amines) is 2. The average Bonchev–Trinajstić information content (AvgIpc) is 3.44.